The lowest BCUT2D eigenvalue weighted by Gasteiger charge is -2.03. The molecule has 4 heteroatoms. The molecule has 0 atom stereocenters. The highest BCUT2D eigenvalue weighted by atomic mass is 16.1. The molecule has 2 heterocycles. The molecule has 0 aliphatic heterocycles. The summed E-state index contributed by atoms with van der Waals surface area (Å²) in [5.74, 6) is -0.0915. The minimum absolute atomic E-state index is 0.0915. The normalized spacial score (nSPS) is 11.0. The molecular formula is C20H17N3O. The highest BCUT2D eigenvalue weighted by molar-refractivity contribution is 6.07. The Morgan fingerprint density at radius 1 is 1.00 bits per heavy atom. The van der Waals surface area contributed by atoms with Crippen LogP contribution in [-0.4, -0.2) is 22.4 Å². The van der Waals surface area contributed by atoms with Crippen molar-refractivity contribution in [1.82, 2.24) is 15.3 Å². The average Bonchev–Trinajstić information content (AvgIpc) is 3.07. The maximum atomic E-state index is 12.4. The van der Waals surface area contributed by atoms with Crippen molar-refractivity contribution in [3.63, 3.8) is 0 Å². The molecule has 0 saturated heterocycles. The number of hydrogen-bond donors (Lipinski definition) is 2. The standard InChI is InChI=1S/C20H17N3O/c24-20(22-12-10-14-5-2-1-3-6-14)17-13-16-9-8-15-7-4-11-21-18(15)19(16)23-17/h1-9,11,13,23H,10,12H2,(H,22,24). The molecule has 0 radical (unpaired) electrons. The van der Waals surface area contributed by atoms with Crippen LogP contribution in [0.25, 0.3) is 21.8 Å². The summed E-state index contributed by atoms with van der Waals surface area (Å²) in [6.07, 6.45) is 2.58. The zero-order valence-corrected chi connectivity index (χ0v) is 13.1. The van der Waals surface area contributed by atoms with E-state index in [1.54, 1.807) is 6.20 Å². The Morgan fingerprint density at radius 2 is 1.83 bits per heavy atom. The molecule has 0 aliphatic carbocycles. The summed E-state index contributed by atoms with van der Waals surface area (Å²) < 4.78 is 0. The molecule has 0 unspecified atom stereocenters. The molecule has 0 fully saturated rings. The fraction of sp³-hybridized carbons (Fsp3) is 0.100. The van der Waals surface area contributed by atoms with Crippen molar-refractivity contribution < 1.29 is 4.79 Å². The molecule has 0 spiro atoms. The van der Waals surface area contributed by atoms with Crippen LogP contribution in [0, 0.1) is 0 Å². The van der Waals surface area contributed by atoms with Gasteiger partial charge >= 0.3 is 0 Å². The van der Waals surface area contributed by atoms with E-state index in [1.807, 2.05) is 48.5 Å². The van der Waals surface area contributed by atoms with Crippen LogP contribution in [0.3, 0.4) is 0 Å². The number of rotatable bonds is 4. The zero-order valence-electron chi connectivity index (χ0n) is 13.1. The van der Waals surface area contributed by atoms with Gasteiger partial charge in [-0.1, -0.05) is 48.5 Å². The van der Waals surface area contributed by atoms with Gasteiger partial charge in [0.25, 0.3) is 5.91 Å². The van der Waals surface area contributed by atoms with E-state index in [0.717, 1.165) is 28.2 Å². The number of hydrogen-bond acceptors (Lipinski definition) is 2. The van der Waals surface area contributed by atoms with Crippen LogP contribution in [0.2, 0.25) is 0 Å². The second-order valence-corrected chi connectivity index (χ2v) is 5.78. The van der Waals surface area contributed by atoms with Crippen LogP contribution in [0.1, 0.15) is 16.1 Å². The van der Waals surface area contributed by atoms with E-state index >= 15 is 0 Å². The highest BCUT2D eigenvalue weighted by Crippen LogP contribution is 2.23. The monoisotopic (exact) mass is 315 g/mol. The number of pyridine rings is 1. The van der Waals surface area contributed by atoms with Crippen molar-refractivity contribution >= 4 is 27.7 Å². The Bertz CT molecular complexity index is 1010. The molecule has 0 aliphatic rings. The number of amides is 1. The van der Waals surface area contributed by atoms with Gasteiger partial charge in [-0.2, -0.15) is 0 Å². The van der Waals surface area contributed by atoms with E-state index in [0.29, 0.717) is 12.2 Å². The summed E-state index contributed by atoms with van der Waals surface area (Å²) in [5.41, 5.74) is 3.57. The van der Waals surface area contributed by atoms with Crippen molar-refractivity contribution in [2.24, 2.45) is 0 Å². The largest absolute Gasteiger partial charge is 0.350 e. The van der Waals surface area contributed by atoms with Crippen molar-refractivity contribution in [2.75, 3.05) is 6.54 Å². The molecule has 118 valence electrons. The Kier molecular flexibility index (Phi) is 3.71. The molecule has 24 heavy (non-hydrogen) atoms. The Morgan fingerprint density at radius 3 is 2.71 bits per heavy atom. The summed E-state index contributed by atoms with van der Waals surface area (Å²) in [4.78, 5) is 20.0. The fourth-order valence-electron chi connectivity index (χ4n) is 2.92. The van der Waals surface area contributed by atoms with Crippen LogP contribution >= 0.6 is 0 Å². The summed E-state index contributed by atoms with van der Waals surface area (Å²) in [6.45, 7) is 0.608. The number of fused-ring (bicyclic) bond motifs is 3. The number of H-pyrrole nitrogens is 1. The van der Waals surface area contributed by atoms with Crippen molar-refractivity contribution in [3.05, 3.63) is 78.1 Å². The van der Waals surface area contributed by atoms with E-state index < -0.39 is 0 Å². The van der Waals surface area contributed by atoms with Gasteiger partial charge in [-0.25, -0.2) is 0 Å². The van der Waals surface area contributed by atoms with Crippen LogP contribution < -0.4 is 5.32 Å². The summed E-state index contributed by atoms with van der Waals surface area (Å²) in [7, 11) is 0. The molecule has 1 amide bonds. The number of benzene rings is 2. The Balaban J connectivity index is 1.53. The van der Waals surface area contributed by atoms with E-state index in [9.17, 15) is 4.79 Å². The topological polar surface area (TPSA) is 57.8 Å². The third kappa shape index (κ3) is 2.74. The highest BCUT2D eigenvalue weighted by Gasteiger charge is 2.11. The summed E-state index contributed by atoms with van der Waals surface area (Å²) in [5, 5.41) is 5.02. The van der Waals surface area contributed by atoms with Crippen molar-refractivity contribution in [3.8, 4) is 0 Å². The van der Waals surface area contributed by atoms with Crippen LogP contribution in [-0.2, 0) is 6.42 Å². The number of nitrogens with one attached hydrogen (secondary N) is 2. The van der Waals surface area contributed by atoms with Crippen molar-refractivity contribution in [2.45, 2.75) is 6.42 Å². The maximum Gasteiger partial charge on any atom is 0.267 e. The average molecular weight is 315 g/mol. The molecule has 4 rings (SSSR count). The first kappa shape index (κ1) is 14.5. The summed E-state index contributed by atoms with van der Waals surface area (Å²) in [6, 6.07) is 20.0. The van der Waals surface area contributed by atoms with Gasteiger partial charge in [-0.15, -0.1) is 0 Å². The van der Waals surface area contributed by atoms with E-state index in [-0.39, 0.29) is 5.91 Å². The Labute approximate surface area is 139 Å². The van der Waals surface area contributed by atoms with Gasteiger partial charge in [0.15, 0.2) is 0 Å². The first-order valence-electron chi connectivity index (χ1n) is 8.00. The van der Waals surface area contributed by atoms with E-state index in [4.69, 9.17) is 0 Å². The van der Waals surface area contributed by atoms with Gasteiger partial charge in [0.05, 0.1) is 11.0 Å². The number of aromatic amines is 1. The smallest absolute Gasteiger partial charge is 0.267 e. The first-order chi connectivity index (χ1) is 11.8. The number of carbonyl (C=O) groups excluding carboxylic acids is 1. The van der Waals surface area contributed by atoms with Gasteiger partial charge < -0.3 is 10.3 Å². The Hall–Kier alpha value is -3.14. The van der Waals surface area contributed by atoms with Gasteiger partial charge in [0.1, 0.15) is 5.69 Å². The molecule has 4 aromatic rings. The predicted octanol–water partition coefficient (Wildman–Crippen LogP) is 3.69. The molecule has 4 nitrogen and oxygen atoms in total. The zero-order chi connectivity index (χ0) is 16.4. The number of nitrogens with zero attached hydrogens (tertiary/aromatic N) is 1. The lowest BCUT2D eigenvalue weighted by Crippen LogP contribution is -2.25. The van der Waals surface area contributed by atoms with Gasteiger partial charge in [0, 0.05) is 23.5 Å². The third-order valence-electron chi connectivity index (χ3n) is 4.15. The van der Waals surface area contributed by atoms with Gasteiger partial charge in [-0.05, 0) is 24.1 Å². The SMILES string of the molecule is O=C(NCCc1ccccc1)c1cc2ccc3cccnc3c2[nH]1. The van der Waals surface area contributed by atoms with E-state index in [2.05, 4.69) is 27.4 Å². The number of aromatic nitrogens is 2. The molecule has 0 saturated carbocycles. The quantitative estimate of drug-likeness (QED) is 0.603. The first-order valence-corrected chi connectivity index (χ1v) is 8.00. The minimum Gasteiger partial charge on any atom is -0.350 e. The van der Waals surface area contributed by atoms with E-state index in [1.165, 1.54) is 5.56 Å². The fourth-order valence-corrected chi connectivity index (χ4v) is 2.92. The van der Waals surface area contributed by atoms with Crippen LogP contribution in [0.5, 0.6) is 0 Å². The van der Waals surface area contributed by atoms with Crippen molar-refractivity contribution in [1.29, 1.82) is 0 Å². The van der Waals surface area contributed by atoms with Gasteiger partial charge in [-0.3, -0.25) is 9.78 Å². The minimum atomic E-state index is -0.0915. The third-order valence-corrected chi connectivity index (χ3v) is 4.15. The molecule has 2 N–H and O–H groups in total. The molecule has 0 bridgehead atoms. The lowest BCUT2D eigenvalue weighted by molar-refractivity contribution is 0.0950. The van der Waals surface area contributed by atoms with Crippen LogP contribution in [0.4, 0.5) is 0 Å². The second-order valence-electron chi connectivity index (χ2n) is 5.78. The summed E-state index contributed by atoms with van der Waals surface area (Å²) >= 11 is 0. The second kappa shape index (κ2) is 6.16. The predicted molar refractivity (Wildman–Crippen MR) is 96.1 cm³/mol. The van der Waals surface area contributed by atoms with Gasteiger partial charge in [0.2, 0.25) is 0 Å². The lowest BCUT2D eigenvalue weighted by atomic mass is 10.1. The van der Waals surface area contributed by atoms with Crippen LogP contribution in [0.15, 0.2) is 66.9 Å². The maximum absolute atomic E-state index is 12.4. The number of carbonyl (C=O) groups is 1. The molecule has 2 aromatic carbocycles. The molecular weight excluding hydrogens is 298 g/mol. The molecule has 2 aromatic heterocycles.